The molecule has 4 nitrogen and oxygen atoms in total. The van der Waals surface area contributed by atoms with Crippen molar-refractivity contribution in [3.63, 3.8) is 0 Å². The van der Waals surface area contributed by atoms with Crippen LogP contribution in [-0.4, -0.2) is 16.4 Å². The first-order chi connectivity index (χ1) is 10.1. The van der Waals surface area contributed by atoms with E-state index >= 15 is 0 Å². The highest BCUT2D eigenvalue weighted by Crippen LogP contribution is 2.32. The number of halogens is 2. The smallest absolute Gasteiger partial charge is 0.228 e. The molecule has 2 rings (SSSR count). The maximum absolute atomic E-state index is 9.63. The standard InChI is InChI=1S/C14H11Br2N3OS/c15-11-6-9(7-12(16)13(11)20)8-17-19-14(21)18-10-4-2-1-3-5-10/h1-8,20H,(H2,18,19,21)/p+1/b17-8+. The molecule has 0 aromatic heterocycles. The summed E-state index contributed by atoms with van der Waals surface area (Å²) in [6.07, 6.45) is 1.73. The van der Waals surface area contributed by atoms with Crippen LogP contribution in [0.25, 0.3) is 0 Å². The number of hydrazine groups is 1. The highest BCUT2D eigenvalue weighted by Gasteiger charge is 2.06. The van der Waals surface area contributed by atoms with E-state index in [-0.39, 0.29) is 5.75 Å². The molecule has 0 amide bonds. The molecule has 108 valence electrons. The number of hydrogen-bond acceptors (Lipinski definition) is 2. The summed E-state index contributed by atoms with van der Waals surface area (Å²) in [4.78, 5) is 0. The van der Waals surface area contributed by atoms with E-state index in [1.54, 1.807) is 18.3 Å². The van der Waals surface area contributed by atoms with Gasteiger partial charge in [-0.25, -0.2) is 0 Å². The summed E-state index contributed by atoms with van der Waals surface area (Å²) in [5, 5.41) is 16.0. The van der Waals surface area contributed by atoms with Gasteiger partial charge in [-0.15, -0.1) is 10.5 Å². The fraction of sp³-hybridized carbons (Fsp3) is 0. The Balaban J connectivity index is 1.95. The molecule has 0 aliphatic rings. The van der Waals surface area contributed by atoms with Gasteiger partial charge in [0.25, 0.3) is 0 Å². The zero-order valence-electron chi connectivity index (χ0n) is 10.7. The second-order valence-corrected chi connectivity index (χ2v) is 6.18. The molecule has 7 heteroatoms. The van der Waals surface area contributed by atoms with Crippen molar-refractivity contribution >= 4 is 61.1 Å². The number of phenols is 1. The zero-order chi connectivity index (χ0) is 15.2. The van der Waals surface area contributed by atoms with Crippen LogP contribution in [-0.2, 0) is 0 Å². The van der Waals surface area contributed by atoms with Gasteiger partial charge in [0.15, 0.2) is 6.21 Å². The van der Waals surface area contributed by atoms with Gasteiger partial charge >= 0.3 is 0 Å². The number of anilines is 1. The van der Waals surface area contributed by atoms with Crippen molar-refractivity contribution in [1.29, 1.82) is 0 Å². The second-order valence-electron chi connectivity index (χ2n) is 4.07. The minimum Gasteiger partial charge on any atom is -0.506 e. The molecule has 0 saturated heterocycles. The van der Waals surface area contributed by atoms with Crippen LogP contribution in [0.2, 0.25) is 0 Å². The maximum Gasteiger partial charge on any atom is 0.228 e. The van der Waals surface area contributed by atoms with Gasteiger partial charge in [-0.1, -0.05) is 18.2 Å². The second kappa shape index (κ2) is 7.53. The summed E-state index contributed by atoms with van der Waals surface area (Å²) in [5.74, 6) is 0.168. The number of phenolic OH excluding ortho intramolecular Hbond substituents is 1. The minimum absolute atomic E-state index is 0.168. The number of nitrogens with one attached hydrogen (secondary N) is 3. The number of para-hydroxylation sites is 1. The van der Waals surface area contributed by atoms with Crippen molar-refractivity contribution in [2.75, 3.05) is 5.32 Å². The summed E-state index contributed by atoms with van der Waals surface area (Å²) in [5.41, 5.74) is 4.63. The van der Waals surface area contributed by atoms with E-state index in [1.165, 1.54) is 0 Å². The number of aromatic hydroxyl groups is 1. The maximum atomic E-state index is 9.63. The third-order valence-electron chi connectivity index (χ3n) is 2.50. The van der Waals surface area contributed by atoms with Crippen LogP contribution < -0.4 is 15.8 Å². The van der Waals surface area contributed by atoms with Gasteiger partial charge in [-0.05, 0) is 68.3 Å². The van der Waals surface area contributed by atoms with Gasteiger partial charge in [0.2, 0.25) is 5.11 Å². The van der Waals surface area contributed by atoms with E-state index in [9.17, 15) is 5.11 Å². The number of thiocarbonyl (C=S) groups is 1. The van der Waals surface area contributed by atoms with Gasteiger partial charge in [0.05, 0.1) is 8.95 Å². The van der Waals surface area contributed by atoms with Crippen molar-refractivity contribution in [1.82, 2.24) is 5.43 Å². The first kappa shape index (κ1) is 15.9. The van der Waals surface area contributed by atoms with Crippen molar-refractivity contribution in [3.8, 4) is 5.75 Å². The van der Waals surface area contributed by atoms with E-state index in [0.29, 0.717) is 14.1 Å². The Morgan fingerprint density at radius 3 is 2.38 bits per heavy atom. The van der Waals surface area contributed by atoms with Gasteiger partial charge < -0.3 is 10.4 Å². The zero-order valence-corrected chi connectivity index (χ0v) is 14.7. The lowest BCUT2D eigenvalue weighted by Gasteiger charge is -2.03. The molecule has 0 heterocycles. The molecule has 0 aliphatic carbocycles. The highest BCUT2D eigenvalue weighted by atomic mass is 79.9. The van der Waals surface area contributed by atoms with Gasteiger partial charge in [-0.3, -0.25) is 0 Å². The topological polar surface area (TPSA) is 58.3 Å². The van der Waals surface area contributed by atoms with Crippen LogP contribution in [0.3, 0.4) is 0 Å². The number of hydrogen-bond donors (Lipinski definition) is 4. The lowest BCUT2D eigenvalue weighted by Crippen LogP contribution is -2.82. The van der Waals surface area contributed by atoms with E-state index < -0.39 is 0 Å². The Hall–Kier alpha value is -1.44. The molecule has 0 bridgehead atoms. The fourth-order valence-electron chi connectivity index (χ4n) is 1.54. The molecule has 0 fully saturated rings. The predicted octanol–water partition coefficient (Wildman–Crippen LogP) is 2.32. The number of benzene rings is 2. The summed E-state index contributed by atoms with van der Waals surface area (Å²) < 4.78 is 1.21. The quantitative estimate of drug-likeness (QED) is 0.343. The molecule has 0 atom stereocenters. The summed E-state index contributed by atoms with van der Waals surface area (Å²) >= 11 is 11.7. The summed E-state index contributed by atoms with van der Waals surface area (Å²) in [6, 6.07) is 13.2. The molecular weight excluding hydrogens is 418 g/mol. The van der Waals surface area contributed by atoms with Crippen molar-refractivity contribution in [2.45, 2.75) is 0 Å². The van der Waals surface area contributed by atoms with Crippen molar-refractivity contribution in [3.05, 3.63) is 57.0 Å². The summed E-state index contributed by atoms with van der Waals surface area (Å²) in [6.45, 7) is 0. The van der Waals surface area contributed by atoms with E-state index in [0.717, 1.165) is 11.3 Å². The predicted molar refractivity (Wildman–Crippen MR) is 95.4 cm³/mol. The third kappa shape index (κ3) is 4.80. The lowest BCUT2D eigenvalue weighted by molar-refractivity contribution is -0.499. The van der Waals surface area contributed by atoms with Gasteiger partial charge in [0, 0.05) is 11.3 Å². The SMILES string of the molecule is Oc1c(Br)cc(/C=[NH+]/NC(=S)Nc2ccccc2)cc1Br. The monoisotopic (exact) mass is 428 g/mol. The molecular formula is C14H12Br2N3OS+. The molecule has 0 radical (unpaired) electrons. The largest absolute Gasteiger partial charge is 0.506 e. The molecule has 4 N–H and O–H groups in total. The third-order valence-corrected chi connectivity index (χ3v) is 3.91. The van der Waals surface area contributed by atoms with Crippen molar-refractivity contribution < 1.29 is 10.2 Å². The lowest BCUT2D eigenvalue weighted by atomic mass is 10.2. The first-order valence-electron chi connectivity index (χ1n) is 5.95. The first-order valence-corrected chi connectivity index (χ1v) is 7.94. The molecule has 2 aromatic carbocycles. The summed E-state index contributed by atoms with van der Waals surface area (Å²) in [7, 11) is 0. The Morgan fingerprint density at radius 1 is 1.14 bits per heavy atom. The molecule has 0 spiro atoms. The van der Waals surface area contributed by atoms with Crippen LogP contribution in [0.4, 0.5) is 5.69 Å². The normalized spacial score (nSPS) is 10.6. The Labute approximate surface area is 144 Å². The van der Waals surface area contributed by atoms with E-state index in [1.807, 2.05) is 30.3 Å². The van der Waals surface area contributed by atoms with Crippen LogP contribution in [0, 0.1) is 0 Å². The Morgan fingerprint density at radius 2 is 1.76 bits per heavy atom. The Bertz CT molecular complexity index is 654. The van der Waals surface area contributed by atoms with Crippen LogP contribution in [0.15, 0.2) is 51.4 Å². The minimum atomic E-state index is 0.168. The number of hydrazone groups is 1. The molecule has 2 aromatic rings. The number of rotatable bonds is 3. The molecule has 0 saturated carbocycles. The van der Waals surface area contributed by atoms with E-state index in [2.05, 4.69) is 47.7 Å². The molecule has 0 unspecified atom stereocenters. The van der Waals surface area contributed by atoms with Gasteiger partial charge in [0.1, 0.15) is 5.75 Å². The van der Waals surface area contributed by atoms with Crippen LogP contribution >= 0.6 is 44.1 Å². The van der Waals surface area contributed by atoms with Gasteiger partial charge in [-0.2, -0.15) is 0 Å². The molecule has 0 aliphatic heterocycles. The van der Waals surface area contributed by atoms with E-state index in [4.69, 9.17) is 12.2 Å². The Kier molecular flexibility index (Phi) is 5.72. The van der Waals surface area contributed by atoms with Crippen LogP contribution in [0.5, 0.6) is 5.75 Å². The van der Waals surface area contributed by atoms with Crippen molar-refractivity contribution in [2.24, 2.45) is 0 Å². The average molecular weight is 430 g/mol. The fourth-order valence-corrected chi connectivity index (χ4v) is 2.94. The van der Waals surface area contributed by atoms with Crippen LogP contribution in [0.1, 0.15) is 5.56 Å². The average Bonchev–Trinajstić information content (AvgIpc) is 2.45. The molecule has 21 heavy (non-hydrogen) atoms. The highest BCUT2D eigenvalue weighted by molar-refractivity contribution is 9.11.